The van der Waals surface area contributed by atoms with Gasteiger partial charge in [0.1, 0.15) is 0 Å². The van der Waals surface area contributed by atoms with Crippen molar-refractivity contribution in [3.05, 3.63) is 60.2 Å². The highest BCUT2D eigenvalue weighted by Crippen LogP contribution is 2.32. The van der Waals surface area contributed by atoms with Crippen LogP contribution in [0.25, 0.3) is 11.1 Å². The van der Waals surface area contributed by atoms with Crippen LogP contribution in [-0.2, 0) is 20.8 Å². The molecule has 158 valence electrons. The van der Waals surface area contributed by atoms with Crippen molar-refractivity contribution in [3.8, 4) is 11.1 Å². The van der Waals surface area contributed by atoms with E-state index in [1.807, 2.05) is 54.6 Å². The number of carbonyl (C=O) groups excluding carboxylic acids is 1. The lowest BCUT2D eigenvalue weighted by Gasteiger charge is -2.22. The van der Waals surface area contributed by atoms with E-state index < -0.39 is 23.8 Å². The van der Waals surface area contributed by atoms with Crippen LogP contribution >= 0.6 is 0 Å². The molecule has 2 aromatic carbocycles. The van der Waals surface area contributed by atoms with Gasteiger partial charge in [-0.15, -0.1) is 0 Å². The maximum absolute atomic E-state index is 12.7. The molecule has 2 aromatic rings. The first-order valence-corrected chi connectivity index (χ1v) is 10.3. The van der Waals surface area contributed by atoms with Gasteiger partial charge in [0, 0.05) is 12.5 Å². The third-order valence-electron chi connectivity index (χ3n) is 5.77. The highest BCUT2D eigenvalue weighted by atomic mass is 16.4. The largest absolute Gasteiger partial charge is 0.481 e. The van der Waals surface area contributed by atoms with Crippen LogP contribution in [0.15, 0.2) is 54.6 Å². The molecule has 0 saturated heterocycles. The maximum atomic E-state index is 12.7. The molecule has 0 heterocycles. The van der Waals surface area contributed by atoms with Crippen molar-refractivity contribution in [2.45, 2.75) is 44.6 Å². The van der Waals surface area contributed by atoms with Crippen molar-refractivity contribution in [1.29, 1.82) is 0 Å². The number of rotatable bonds is 9. The average molecular weight is 409 g/mol. The minimum atomic E-state index is -0.939. The molecule has 30 heavy (non-hydrogen) atoms. The van der Waals surface area contributed by atoms with Gasteiger partial charge < -0.3 is 15.5 Å². The predicted molar refractivity (Wildman–Crippen MR) is 113 cm³/mol. The molecule has 3 unspecified atom stereocenters. The van der Waals surface area contributed by atoms with E-state index in [2.05, 4.69) is 5.32 Å². The van der Waals surface area contributed by atoms with E-state index in [-0.39, 0.29) is 18.4 Å². The highest BCUT2D eigenvalue weighted by Gasteiger charge is 2.38. The van der Waals surface area contributed by atoms with Crippen molar-refractivity contribution in [3.63, 3.8) is 0 Å². The van der Waals surface area contributed by atoms with Gasteiger partial charge in [0.05, 0.1) is 11.8 Å². The van der Waals surface area contributed by atoms with Crippen molar-refractivity contribution in [2.75, 3.05) is 0 Å². The van der Waals surface area contributed by atoms with Gasteiger partial charge in [-0.3, -0.25) is 14.4 Å². The predicted octanol–water partition coefficient (Wildman–Crippen LogP) is 3.75. The molecular formula is C24H27NO5. The van der Waals surface area contributed by atoms with Crippen molar-refractivity contribution >= 4 is 17.8 Å². The molecule has 6 heteroatoms. The molecule has 0 aromatic heterocycles. The number of aliphatic carboxylic acids is 2. The number of carboxylic acids is 2. The third kappa shape index (κ3) is 5.69. The van der Waals surface area contributed by atoms with Gasteiger partial charge in [-0.2, -0.15) is 0 Å². The quantitative estimate of drug-likeness (QED) is 0.585. The number of nitrogens with one attached hydrogen (secondary N) is 1. The Bertz CT molecular complexity index is 878. The van der Waals surface area contributed by atoms with E-state index >= 15 is 0 Å². The van der Waals surface area contributed by atoms with Gasteiger partial charge in [0.25, 0.3) is 0 Å². The summed E-state index contributed by atoms with van der Waals surface area (Å²) < 4.78 is 0. The fraction of sp³-hybridized carbons (Fsp3) is 0.375. The smallest absolute Gasteiger partial charge is 0.307 e. The number of carboxylic acid groups (broad SMARTS) is 2. The average Bonchev–Trinajstić information content (AvgIpc) is 3.24. The number of carbonyl (C=O) groups is 3. The Morgan fingerprint density at radius 2 is 1.53 bits per heavy atom. The first-order chi connectivity index (χ1) is 14.4. The molecule has 1 saturated carbocycles. The Kier molecular flexibility index (Phi) is 7.22. The Labute approximate surface area is 175 Å². The van der Waals surface area contributed by atoms with Crippen LogP contribution in [0.2, 0.25) is 0 Å². The summed E-state index contributed by atoms with van der Waals surface area (Å²) in [5.41, 5.74) is 3.19. The Morgan fingerprint density at radius 1 is 0.900 bits per heavy atom. The van der Waals surface area contributed by atoms with Gasteiger partial charge in [0.2, 0.25) is 5.91 Å². The zero-order valence-electron chi connectivity index (χ0n) is 16.8. The first kappa shape index (κ1) is 21.6. The van der Waals surface area contributed by atoms with E-state index in [1.54, 1.807) is 0 Å². The number of hydrogen-bond acceptors (Lipinski definition) is 3. The zero-order valence-corrected chi connectivity index (χ0v) is 16.8. The van der Waals surface area contributed by atoms with Crippen LogP contribution < -0.4 is 5.32 Å². The van der Waals surface area contributed by atoms with Gasteiger partial charge in [0.15, 0.2) is 0 Å². The Hall–Kier alpha value is -3.15. The van der Waals surface area contributed by atoms with E-state index in [4.69, 9.17) is 5.11 Å². The third-order valence-corrected chi connectivity index (χ3v) is 5.77. The van der Waals surface area contributed by atoms with Gasteiger partial charge in [-0.1, -0.05) is 61.0 Å². The summed E-state index contributed by atoms with van der Waals surface area (Å²) in [5, 5.41) is 21.3. The van der Waals surface area contributed by atoms with Crippen LogP contribution in [0.5, 0.6) is 0 Å². The second kappa shape index (κ2) is 10.1. The maximum Gasteiger partial charge on any atom is 0.307 e. The van der Waals surface area contributed by atoms with E-state index in [0.717, 1.165) is 23.1 Å². The molecule has 3 N–H and O–H groups in total. The van der Waals surface area contributed by atoms with E-state index in [1.165, 1.54) is 0 Å². The summed E-state index contributed by atoms with van der Waals surface area (Å²) in [7, 11) is 0. The lowest BCUT2D eigenvalue weighted by atomic mass is 9.93. The minimum absolute atomic E-state index is 0.0555. The monoisotopic (exact) mass is 409 g/mol. The van der Waals surface area contributed by atoms with Gasteiger partial charge in [-0.25, -0.2) is 0 Å². The van der Waals surface area contributed by atoms with Crippen LogP contribution in [0.4, 0.5) is 0 Å². The molecule has 1 fully saturated rings. The minimum Gasteiger partial charge on any atom is -0.481 e. The summed E-state index contributed by atoms with van der Waals surface area (Å²) in [4.78, 5) is 35.2. The zero-order chi connectivity index (χ0) is 21.5. The van der Waals surface area contributed by atoms with Crippen molar-refractivity contribution in [1.82, 2.24) is 5.32 Å². The van der Waals surface area contributed by atoms with Crippen molar-refractivity contribution < 1.29 is 24.6 Å². The Morgan fingerprint density at radius 3 is 2.17 bits per heavy atom. The topological polar surface area (TPSA) is 104 Å². The standard InChI is InChI=1S/C24H27NO5/c26-22(27)14-13-19(25-23(28)20-7-4-8-21(20)24(29)30)15-16-9-11-18(12-10-16)17-5-2-1-3-6-17/h1-3,5-6,9-12,19-21H,4,7-8,13-15H2,(H,25,28)(H,26,27)(H,29,30). The molecule has 0 spiro atoms. The van der Waals surface area contributed by atoms with E-state index in [0.29, 0.717) is 25.7 Å². The summed E-state index contributed by atoms with van der Waals surface area (Å²) in [6.45, 7) is 0. The molecular weight excluding hydrogens is 382 g/mol. The van der Waals surface area contributed by atoms with Crippen LogP contribution in [-0.4, -0.2) is 34.1 Å². The molecule has 0 radical (unpaired) electrons. The Balaban J connectivity index is 1.68. The van der Waals surface area contributed by atoms with Crippen LogP contribution in [0.1, 0.15) is 37.7 Å². The summed E-state index contributed by atoms with van der Waals surface area (Å²) in [5.74, 6) is -3.34. The normalized spacial score (nSPS) is 19.2. The van der Waals surface area contributed by atoms with Crippen molar-refractivity contribution in [2.24, 2.45) is 11.8 Å². The second-order valence-corrected chi connectivity index (χ2v) is 7.89. The van der Waals surface area contributed by atoms with Crippen LogP contribution in [0, 0.1) is 11.8 Å². The molecule has 1 amide bonds. The second-order valence-electron chi connectivity index (χ2n) is 7.89. The fourth-order valence-electron chi connectivity index (χ4n) is 4.15. The first-order valence-electron chi connectivity index (χ1n) is 10.3. The SMILES string of the molecule is O=C(O)CCC(Cc1ccc(-c2ccccc2)cc1)NC(=O)C1CCCC1C(=O)O. The summed E-state index contributed by atoms with van der Waals surface area (Å²) in [6.07, 6.45) is 2.52. The highest BCUT2D eigenvalue weighted by molar-refractivity contribution is 5.85. The van der Waals surface area contributed by atoms with Gasteiger partial charge >= 0.3 is 11.9 Å². The lowest BCUT2D eigenvalue weighted by Crippen LogP contribution is -2.42. The number of amides is 1. The molecule has 0 bridgehead atoms. The molecule has 0 aliphatic heterocycles. The molecule has 3 rings (SSSR count). The summed E-state index contributed by atoms with van der Waals surface area (Å²) >= 11 is 0. The van der Waals surface area contributed by atoms with Crippen LogP contribution in [0.3, 0.4) is 0 Å². The van der Waals surface area contributed by atoms with E-state index in [9.17, 15) is 19.5 Å². The molecule has 3 atom stereocenters. The number of hydrogen-bond donors (Lipinski definition) is 3. The lowest BCUT2D eigenvalue weighted by molar-refractivity contribution is -0.146. The number of benzene rings is 2. The fourth-order valence-corrected chi connectivity index (χ4v) is 4.15. The summed E-state index contributed by atoms with van der Waals surface area (Å²) in [6, 6.07) is 17.6. The van der Waals surface area contributed by atoms with Gasteiger partial charge in [-0.05, 0) is 42.4 Å². The molecule has 6 nitrogen and oxygen atoms in total. The molecule has 1 aliphatic carbocycles. The molecule has 1 aliphatic rings.